The van der Waals surface area contributed by atoms with Crippen molar-refractivity contribution >= 4 is 12.0 Å². The van der Waals surface area contributed by atoms with Gasteiger partial charge >= 0.3 is 0 Å². The quantitative estimate of drug-likeness (QED) is 0.843. The molecule has 1 aromatic rings. The van der Waals surface area contributed by atoms with Gasteiger partial charge in [0, 0.05) is 31.4 Å². The maximum absolute atomic E-state index is 12.2. The largest absolute Gasteiger partial charge is 0.462 e. The standard InChI is InChI=1S/C19H28N2O3/c1-16-5-6-17(24-16)7-8-18(22)20-15-19(9-13-23-14-10-19)21-11-3-2-4-12-21/h5-8H,2-4,9-15H2,1H3,(H,20,22)/b8-7-. The Morgan fingerprint density at radius 3 is 2.67 bits per heavy atom. The van der Waals surface area contributed by atoms with Crippen LogP contribution in [0.25, 0.3) is 6.08 Å². The minimum absolute atomic E-state index is 0.0590. The van der Waals surface area contributed by atoms with Crippen molar-refractivity contribution in [2.45, 2.75) is 44.6 Å². The molecular formula is C19H28N2O3. The molecule has 0 atom stereocenters. The van der Waals surface area contributed by atoms with E-state index in [4.69, 9.17) is 9.15 Å². The monoisotopic (exact) mass is 332 g/mol. The summed E-state index contributed by atoms with van der Waals surface area (Å²) in [6.45, 7) is 6.43. The smallest absolute Gasteiger partial charge is 0.244 e. The van der Waals surface area contributed by atoms with E-state index in [-0.39, 0.29) is 11.4 Å². The van der Waals surface area contributed by atoms with Crippen LogP contribution in [0.5, 0.6) is 0 Å². The minimum Gasteiger partial charge on any atom is -0.462 e. The molecule has 0 unspecified atom stereocenters. The number of aryl methyl sites for hydroxylation is 1. The highest BCUT2D eigenvalue weighted by Crippen LogP contribution is 2.30. The Bertz CT molecular complexity index is 567. The molecule has 5 heteroatoms. The summed E-state index contributed by atoms with van der Waals surface area (Å²) in [4.78, 5) is 14.8. The number of likely N-dealkylation sites (tertiary alicyclic amines) is 1. The molecule has 5 nitrogen and oxygen atoms in total. The predicted molar refractivity (Wildman–Crippen MR) is 93.7 cm³/mol. The molecular weight excluding hydrogens is 304 g/mol. The second-order valence-electron chi connectivity index (χ2n) is 6.88. The zero-order valence-corrected chi connectivity index (χ0v) is 14.6. The van der Waals surface area contributed by atoms with Crippen LogP contribution in [0.2, 0.25) is 0 Å². The second kappa shape index (κ2) is 7.99. The topological polar surface area (TPSA) is 54.7 Å². The summed E-state index contributed by atoms with van der Waals surface area (Å²) in [5.74, 6) is 1.49. The highest BCUT2D eigenvalue weighted by Gasteiger charge is 2.38. The van der Waals surface area contributed by atoms with Crippen molar-refractivity contribution in [2.24, 2.45) is 0 Å². The molecule has 0 radical (unpaired) electrons. The van der Waals surface area contributed by atoms with Crippen LogP contribution in [-0.4, -0.2) is 49.2 Å². The van der Waals surface area contributed by atoms with Gasteiger partial charge in [0.1, 0.15) is 11.5 Å². The Hall–Kier alpha value is -1.59. The third kappa shape index (κ3) is 4.28. The van der Waals surface area contributed by atoms with Crippen molar-refractivity contribution in [3.8, 4) is 0 Å². The fraction of sp³-hybridized carbons (Fsp3) is 0.632. The molecule has 3 rings (SSSR count). The molecule has 1 aromatic heterocycles. The van der Waals surface area contributed by atoms with Gasteiger partial charge in [-0.1, -0.05) is 6.42 Å². The number of carbonyl (C=O) groups is 1. The Morgan fingerprint density at radius 2 is 2.00 bits per heavy atom. The Labute approximate surface area is 144 Å². The van der Waals surface area contributed by atoms with Crippen LogP contribution in [0.4, 0.5) is 0 Å². The Morgan fingerprint density at radius 1 is 1.25 bits per heavy atom. The van der Waals surface area contributed by atoms with Crippen LogP contribution < -0.4 is 5.32 Å². The van der Waals surface area contributed by atoms with Gasteiger partial charge in [0.15, 0.2) is 0 Å². The van der Waals surface area contributed by atoms with Crippen molar-refractivity contribution in [3.05, 3.63) is 29.7 Å². The lowest BCUT2D eigenvalue weighted by Gasteiger charge is -2.48. The summed E-state index contributed by atoms with van der Waals surface area (Å²) in [5.41, 5.74) is 0.0590. The van der Waals surface area contributed by atoms with Crippen LogP contribution in [0, 0.1) is 6.92 Å². The number of amides is 1. The minimum atomic E-state index is -0.0630. The van der Waals surface area contributed by atoms with Crippen LogP contribution in [-0.2, 0) is 9.53 Å². The maximum atomic E-state index is 12.2. The zero-order valence-electron chi connectivity index (χ0n) is 14.6. The van der Waals surface area contributed by atoms with E-state index in [9.17, 15) is 4.79 Å². The van der Waals surface area contributed by atoms with Crippen LogP contribution in [0.15, 0.2) is 22.6 Å². The number of rotatable bonds is 5. The molecule has 0 aromatic carbocycles. The van der Waals surface area contributed by atoms with E-state index in [1.165, 1.54) is 19.3 Å². The van der Waals surface area contributed by atoms with E-state index in [2.05, 4.69) is 10.2 Å². The number of piperidine rings is 1. The molecule has 24 heavy (non-hydrogen) atoms. The summed E-state index contributed by atoms with van der Waals surface area (Å²) < 4.78 is 11.0. The highest BCUT2D eigenvalue weighted by molar-refractivity contribution is 5.91. The van der Waals surface area contributed by atoms with E-state index in [1.54, 1.807) is 12.2 Å². The van der Waals surface area contributed by atoms with Gasteiger partial charge in [-0.2, -0.15) is 0 Å². The van der Waals surface area contributed by atoms with Gasteiger partial charge in [-0.15, -0.1) is 0 Å². The zero-order chi connectivity index (χ0) is 16.8. The van der Waals surface area contributed by atoms with Gasteiger partial charge < -0.3 is 14.5 Å². The van der Waals surface area contributed by atoms with Gasteiger partial charge in [0.05, 0.1) is 0 Å². The number of furan rings is 1. The molecule has 0 bridgehead atoms. The second-order valence-corrected chi connectivity index (χ2v) is 6.88. The molecule has 3 heterocycles. The van der Waals surface area contributed by atoms with Crippen molar-refractivity contribution in [2.75, 3.05) is 32.8 Å². The Kier molecular flexibility index (Phi) is 5.74. The first-order valence-corrected chi connectivity index (χ1v) is 9.03. The van der Waals surface area contributed by atoms with E-state index >= 15 is 0 Å². The normalized spacial score (nSPS) is 21.9. The number of ether oxygens (including phenoxy) is 1. The molecule has 2 aliphatic heterocycles. The van der Waals surface area contributed by atoms with Gasteiger partial charge in [-0.05, 0) is 63.9 Å². The predicted octanol–water partition coefficient (Wildman–Crippen LogP) is 2.75. The molecule has 1 N–H and O–H groups in total. The Balaban J connectivity index is 1.58. The lowest BCUT2D eigenvalue weighted by Crippen LogP contribution is -2.59. The van der Waals surface area contributed by atoms with Gasteiger partial charge in [0.2, 0.25) is 5.91 Å². The van der Waals surface area contributed by atoms with Crippen molar-refractivity contribution in [3.63, 3.8) is 0 Å². The van der Waals surface area contributed by atoms with Crippen LogP contribution in [0.3, 0.4) is 0 Å². The average Bonchev–Trinajstić information content (AvgIpc) is 3.05. The third-order valence-corrected chi connectivity index (χ3v) is 5.20. The first-order chi connectivity index (χ1) is 11.7. The van der Waals surface area contributed by atoms with Crippen LogP contribution in [0.1, 0.15) is 43.6 Å². The summed E-state index contributed by atoms with van der Waals surface area (Å²) in [5, 5.41) is 3.10. The lowest BCUT2D eigenvalue weighted by molar-refractivity contribution is -0.118. The molecule has 0 saturated carbocycles. The molecule has 0 spiro atoms. The van der Waals surface area contributed by atoms with Gasteiger partial charge in [-0.3, -0.25) is 9.69 Å². The number of nitrogens with one attached hydrogen (secondary N) is 1. The number of carbonyl (C=O) groups excluding carboxylic acids is 1. The number of hydrogen-bond donors (Lipinski definition) is 1. The van der Waals surface area contributed by atoms with E-state index in [0.717, 1.165) is 44.9 Å². The van der Waals surface area contributed by atoms with Crippen molar-refractivity contribution < 1.29 is 13.9 Å². The molecule has 2 aliphatic rings. The fourth-order valence-electron chi connectivity index (χ4n) is 3.74. The number of hydrogen-bond acceptors (Lipinski definition) is 4. The molecule has 2 saturated heterocycles. The molecule has 2 fully saturated rings. The van der Waals surface area contributed by atoms with E-state index in [0.29, 0.717) is 12.3 Å². The van der Waals surface area contributed by atoms with Crippen LogP contribution >= 0.6 is 0 Å². The average molecular weight is 332 g/mol. The molecule has 132 valence electrons. The third-order valence-electron chi connectivity index (χ3n) is 5.20. The first-order valence-electron chi connectivity index (χ1n) is 9.03. The van der Waals surface area contributed by atoms with E-state index in [1.807, 2.05) is 19.1 Å². The van der Waals surface area contributed by atoms with E-state index < -0.39 is 0 Å². The van der Waals surface area contributed by atoms with Crippen molar-refractivity contribution in [1.82, 2.24) is 10.2 Å². The fourth-order valence-corrected chi connectivity index (χ4v) is 3.74. The highest BCUT2D eigenvalue weighted by atomic mass is 16.5. The summed E-state index contributed by atoms with van der Waals surface area (Å²) in [6.07, 6.45) is 9.10. The lowest BCUT2D eigenvalue weighted by atomic mass is 9.86. The molecule has 0 aliphatic carbocycles. The van der Waals surface area contributed by atoms with Gasteiger partial charge in [0.25, 0.3) is 0 Å². The summed E-state index contributed by atoms with van der Waals surface area (Å²) in [6, 6.07) is 3.76. The summed E-state index contributed by atoms with van der Waals surface area (Å²) in [7, 11) is 0. The summed E-state index contributed by atoms with van der Waals surface area (Å²) >= 11 is 0. The van der Waals surface area contributed by atoms with Gasteiger partial charge in [-0.25, -0.2) is 0 Å². The van der Waals surface area contributed by atoms with Crippen molar-refractivity contribution in [1.29, 1.82) is 0 Å². The number of nitrogens with zero attached hydrogens (tertiary/aromatic N) is 1. The SMILES string of the molecule is Cc1ccc(/C=C\C(=O)NCC2(N3CCCCC3)CCOCC2)o1. The maximum Gasteiger partial charge on any atom is 0.244 e. The first kappa shape index (κ1) is 17.2. The molecule has 1 amide bonds.